The number of piperidine rings is 1. The molecule has 27 heavy (non-hydrogen) atoms. The van der Waals surface area contributed by atoms with Gasteiger partial charge in [-0.25, -0.2) is 4.79 Å². The fourth-order valence-corrected chi connectivity index (χ4v) is 4.65. The lowest BCUT2D eigenvalue weighted by Crippen LogP contribution is -2.72. The van der Waals surface area contributed by atoms with Crippen LogP contribution in [0.2, 0.25) is 0 Å². The van der Waals surface area contributed by atoms with Gasteiger partial charge in [0.05, 0.1) is 11.0 Å². The predicted octanol–water partition coefficient (Wildman–Crippen LogP) is 1.45. The number of rotatable bonds is 1. The van der Waals surface area contributed by atoms with Crippen LogP contribution < -0.4 is 10.2 Å². The van der Waals surface area contributed by atoms with E-state index < -0.39 is 34.2 Å². The Labute approximate surface area is 155 Å². The van der Waals surface area contributed by atoms with E-state index in [1.807, 2.05) is 4.90 Å². The van der Waals surface area contributed by atoms with E-state index in [0.717, 1.165) is 17.0 Å². The van der Waals surface area contributed by atoms with Gasteiger partial charge in [0.2, 0.25) is 11.8 Å². The minimum atomic E-state index is -1.46. The summed E-state index contributed by atoms with van der Waals surface area (Å²) in [7, 11) is 1.35. The van der Waals surface area contributed by atoms with Crippen molar-refractivity contribution in [2.24, 2.45) is 11.3 Å². The first-order chi connectivity index (χ1) is 12.8. The SMILES string of the molecule is C[C@@H]1CCN2c3ccc([N+](=O)[O-])cc3C[C@@]3(C(=O)NC(=O)N(C)C3=O)[C@H]2C1. The monoisotopic (exact) mass is 372 g/mol. The largest absolute Gasteiger partial charge is 0.367 e. The number of anilines is 1. The van der Waals surface area contributed by atoms with Crippen LogP contribution in [0.5, 0.6) is 0 Å². The highest BCUT2D eigenvalue weighted by molar-refractivity contribution is 6.20. The second-order valence-electron chi connectivity index (χ2n) is 7.68. The Morgan fingerprint density at radius 1 is 1.30 bits per heavy atom. The lowest BCUT2D eigenvalue weighted by molar-refractivity contribution is -0.384. The van der Waals surface area contributed by atoms with Crippen molar-refractivity contribution in [1.29, 1.82) is 0 Å². The number of hydrogen-bond acceptors (Lipinski definition) is 6. The van der Waals surface area contributed by atoms with Gasteiger partial charge in [0, 0.05) is 37.8 Å². The number of imide groups is 2. The van der Waals surface area contributed by atoms with Crippen LogP contribution in [0.4, 0.5) is 16.2 Å². The fraction of sp³-hybridized carbons (Fsp3) is 0.500. The molecule has 0 bridgehead atoms. The summed E-state index contributed by atoms with van der Waals surface area (Å²) in [5, 5.41) is 13.5. The van der Waals surface area contributed by atoms with Crippen molar-refractivity contribution in [2.45, 2.75) is 32.2 Å². The fourth-order valence-electron chi connectivity index (χ4n) is 4.65. The van der Waals surface area contributed by atoms with Gasteiger partial charge in [-0.3, -0.25) is 29.9 Å². The van der Waals surface area contributed by atoms with E-state index in [2.05, 4.69) is 12.2 Å². The second kappa shape index (κ2) is 5.77. The molecule has 1 aromatic rings. The number of fused-ring (bicyclic) bond motifs is 4. The number of carbonyl (C=O) groups excluding carboxylic acids is 3. The van der Waals surface area contributed by atoms with Gasteiger partial charge in [0.1, 0.15) is 0 Å². The van der Waals surface area contributed by atoms with E-state index in [0.29, 0.717) is 24.4 Å². The molecule has 9 nitrogen and oxygen atoms in total. The summed E-state index contributed by atoms with van der Waals surface area (Å²) in [6.45, 7) is 2.73. The first kappa shape index (κ1) is 17.4. The van der Waals surface area contributed by atoms with Crippen molar-refractivity contribution < 1.29 is 19.3 Å². The molecule has 2 saturated heterocycles. The van der Waals surface area contributed by atoms with Gasteiger partial charge >= 0.3 is 6.03 Å². The molecule has 3 aliphatic heterocycles. The summed E-state index contributed by atoms with van der Waals surface area (Å²) in [5.74, 6) is -0.833. The third-order valence-electron chi connectivity index (χ3n) is 6.10. The molecule has 1 aromatic carbocycles. The molecule has 0 radical (unpaired) electrons. The molecule has 3 aliphatic rings. The van der Waals surface area contributed by atoms with Crippen molar-refractivity contribution >= 4 is 29.2 Å². The van der Waals surface area contributed by atoms with E-state index in [1.165, 1.54) is 19.2 Å². The molecule has 0 aliphatic carbocycles. The van der Waals surface area contributed by atoms with Gasteiger partial charge in [-0.2, -0.15) is 0 Å². The van der Waals surface area contributed by atoms with Gasteiger partial charge in [0.25, 0.3) is 5.69 Å². The van der Waals surface area contributed by atoms with E-state index in [4.69, 9.17) is 0 Å². The van der Waals surface area contributed by atoms with E-state index in [9.17, 15) is 24.5 Å². The Morgan fingerprint density at radius 3 is 2.74 bits per heavy atom. The van der Waals surface area contributed by atoms with Crippen molar-refractivity contribution in [3.63, 3.8) is 0 Å². The lowest BCUT2D eigenvalue weighted by atomic mass is 9.65. The molecule has 1 N–H and O–H groups in total. The van der Waals surface area contributed by atoms with Gasteiger partial charge in [-0.05, 0) is 30.4 Å². The number of benzene rings is 1. The molecule has 4 amide bonds. The average Bonchev–Trinajstić information content (AvgIpc) is 2.64. The molecule has 9 heteroatoms. The standard InChI is InChI=1S/C18H20N4O5/c1-10-5-6-21-13-4-3-12(22(26)27)8-11(13)9-18(14(21)7-10)15(23)19-17(25)20(2)16(18)24/h3-4,8,10,14H,5-7,9H2,1-2H3,(H,19,23,25)/t10-,14-,18+/m1/s1. The third kappa shape index (κ3) is 2.34. The average molecular weight is 372 g/mol. The van der Waals surface area contributed by atoms with Crippen molar-refractivity contribution in [2.75, 3.05) is 18.5 Å². The number of nitro benzene ring substituents is 1. The van der Waals surface area contributed by atoms with Crippen LogP contribution in [-0.4, -0.2) is 47.3 Å². The van der Waals surface area contributed by atoms with Crippen LogP contribution in [0, 0.1) is 21.4 Å². The zero-order valence-corrected chi connectivity index (χ0v) is 15.1. The zero-order valence-electron chi connectivity index (χ0n) is 15.1. The Kier molecular flexibility index (Phi) is 3.72. The molecule has 0 unspecified atom stereocenters. The lowest BCUT2D eigenvalue weighted by Gasteiger charge is -2.54. The van der Waals surface area contributed by atoms with Crippen LogP contribution in [0.25, 0.3) is 0 Å². The minimum Gasteiger partial charge on any atom is -0.367 e. The summed E-state index contributed by atoms with van der Waals surface area (Å²) >= 11 is 0. The Hall–Kier alpha value is -2.97. The van der Waals surface area contributed by atoms with E-state index in [1.54, 1.807) is 6.07 Å². The maximum Gasteiger partial charge on any atom is 0.330 e. The van der Waals surface area contributed by atoms with Gasteiger partial charge in [-0.1, -0.05) is 6.92 Å². The van der Waals surface area contributed by atoms with Crippen LogP contribution in [-0.2, 0) is 16.0 Å². The Balaban J connectivity index is 1.90. The molecule has 3 heterocycles. The van der Waals surface area contributed by atoms with Crippen LogP contribution in [0.1, 0.15) is 25.3 Å². The number of non-ortho nitro benzene ring substituents is 1. The number of carbonyl (C=O) groups is 3. The highest BCUT2D eigenvalue weighted by atomic mass is 16.6. The number of hydrogen-bond donors (Lipinski definition) is 1. The molecule has 142 valence electrons. The van der Waals surface area contributed by atoms with Gasteiger partial charge in [0.15, 0.2) is 5.41 Å². The number of amides is 4. The third-order valence-corrected chi connectivity index (χ3v) is 6.10. The van der Waals surface area contributed by atoms with E-state index in [-0.39, 0.29) is 12.1 Å². The first-order valence-corrected chi connectivity index (χ1v) is 8.93. The molecule has 0 aromatic heterocycles. The molecule has 4 rings (SSSR count). The number of nitrogens with zero attached hydrogens (tertiary/aromatic N) is 3. The number of urea groups is 1. The van der Waals surface area contributed by atoms with Crippen LogP contribution in [0.15, 0.2) is 18.2 Å². The number of barbiturate groups is 1. The Bertz CT molecular complexity index is 885. The highest BCUT2D eigenvalue weighted by Gasteiger charge is 2.62. The quantitative estimate of drug-likeness (QED) is 0.453. The molecular weight excluding hydrogens is 352 g/mol. The molecular formula is C18H20N4O5. The molecule has 2 fully saturated rings. The minimum absolute atomic E-state index is 0.0419. The van der Waals surface area contributed by atoms with Crippen LogP contribution in [0.3, 0.4) is 0 Å². The molecule has 0 saturated carbocycles. The van der Waals surface area contributed by atoms with Gasteiger partial charge < -0.3 is 4.90 Å². The normalized spacial score (nSPS) is 30.1. The topological polar surface area (TPSA) is 113 Å². The zero-order chi connectivity index (χ0) is 19.5. The van der Waals surface area contributed by atoms with Crippen molar-refractivity contribution in [1.82, 2.24) is 10.2 Å². The number of nitrogens with one attached hydrogen (secondary N) is 1. The molecule has 1 spiro atoms. The number of nitro groups is 1. The maximum absolute atomic E-state index is 13.2. The van der Waals surface area contributed by atoms with Crippen LogP contribution >= 0.6 is 0 Å². The van der Waals surface area contributed by atoms with Gasteiger partial charge in [-0.15, -0.1) is 0 Å². The Morgan fingerprint density at radius 2 is 2.04 bits per heavy atom. The van der Waals surface area contributed by atoms with Crippen molar-refractivity contribution in [3.05, 3.63) is 33.9 Å². The maximum atomic E-state index is 13.2. The summed E-state index contributed by atoms with van der Waals surface area (Å²) in [5.41, 5.74) is -0.134. The van der Waals surface area contributed by atoms with E-state index >= 15 is 0 Å². The summed E-state index contributed by atoms with van der Waals surface area (Å²) < 4.78 is 0. The smallest absolute Gasteiger partial charge is 0.330 e. The first-order valence-electron chi connectivity index (χ1n) is 8.93. The second-order valence-corrected chi connectivity index (χ2v) is 7.68. The van der Waals surface area contributed by atoms with Crippen molar-refractivity contribution in [3.8, 4) is 0 Å². The highest BCUT2D eigenvalue weighted by Crippen LogP contribution is 2.48. The molecule has 3 atom stereocenters. The summed E-state index contributed by atoms with van der Waals surface area (Å²) in [6, 6.07) is 3.45. The predicted molar refractivity (Wildman–Crippen MR) is 95.1 cm³/mol. The summed E-state index contributed by atoms with van der Waals surface area (Å²) in [4.78, 5) is 51.8. The summed E-state index contributed by atoms with van der Waals surface area (Å²) in [6.07, 6.45) is 1.57.